The number of carbonyl (C=O) groups excluding carboxylic acids is 1. The van der Waals surface area contributed by atoms with Gasteiger partial charge in [-0.1, -0.05) is 25.1 Å². The summed E-state index contributed by atoms with van der Waals surface area (Å²) in [6.45, 7) is 2.13. The van der Waals surface area contributed by atoms with Gasteiger partial charge < -0.3 is 14.7 Å². The number of methoxy groups -OCH3 is 1. The maximum absolute atomic E-state index is 13.0. The fourth-order valence-corrected chi connectivity index (χ4v) is 3.91. The Kier molecular flexibility index (Phi) is 3.13. The quantitative estimate of drug-likeness (QED) is 0.917. The Morgan fingerprint density at radius 2 is 2.04 bits per heavy atom. The van der Waals surface area contributed by atoms with Gasteiger partial charge in [0.05, 0.1) is 30.0 Å². The zero-order valence-corrected chi connectivity index (χ0v) is 13.4. The molecule has 0 fully saturated rings. The fraction of sp³-hybridized carbons (Fsp3) is 0.263. The topological polar surface area (TPSA) is 66.8 Å². The number of carboxylic acid groups (broad SMARTS) is 1. The van der Waals surface area contributed by atoms with E-state index in [2.05, 4.69) is 6.92 Å². The summed E-state index contributed by atoms with van der Waals surface area (Å²) < 4.78 is 5.31. The molecular formula is C19H17NO4. The number of hydrogen-bond donors (Lipinski definition) is 1. The molecule has 0 radical (unpaired) electrons. The standard InChI is InChI=1S/C19H17NO4/c1-10-8-15-13-4-3-5-14(19(22)23)17(13)18(21)20(15)16-9-11(24-2)6-7-12(10)16/h3-7,9-10,15H,8H2,1-2H3,(H,22,23). The Labute approximate surface area is 139 Å². The largest absolute Gasteiger partial charge is 0.497 e. The molecule has 24 heavy (non-hydrogen) atoms. The number of rotatable bonds is 2. The van der Waals surface area contributed by atoms with Gasteiger partial charge in [0.2, 0.25) is 0 Å². The lowest BCUT2D eigenvalue weighted by atomic mass is 9.85. The van der Waals surface area contributed by atoms with Gasteiger partial charge in [-0.25, -0.2) is 4.79 Å². The van der Waals surface area contributed by atoms with Crippen molar-refractivity contribution in [1.82, 2.24) is 0 Å². The molecule has 2 atom stereocenters. The zero-order valence-electron chi connectivity index (χ0n) is 13.4. The number of nitrogens with zero attached hydrogens (tertiary/aromatic N) is 1. The number of anilines is 1. The molecule has 0 aliphatic carbocycles. The third-order valence-electron chi connectivity index (χ3n) is 5.04. The van der Waals surface area contributed by atoms with Crippen molar-refractivity contribution in [3.63, 3.8) is 0 Å². The van der Waals surface area contributed by atoms with Crippen molar-refractivity contribution in [2.75, 3.05) is 12.0 Å². The van der Waals surface area contributed by atoms with E-state index in [0.29, 0.717) is 11.3 Å². The van der Waals surface area contributed by atoms with Crippen LogP contribution in [0, 0.1) is 0 Å². The fourth-order valence-electron chi connectivity index (χ4n) is 3.91. The van der Waals surface area contributed by atoms with E-state index in [-0.39, 0.29) is 23.4 Å². The average Bonchev–Trinajstić information content (AvgIpc) is 2.87. The minimum absolute atomic E-state index is 0.0731. The third kappa shape index (κ3) is 1.87. The second-order valence-electron chi connectivity index (χ2n) is 6.33. The zero-order chi connectivity index (χ0) is 17.0. The predicted molar refractivity (Wildman–Crippen MR) is 89.0 cm³/mol. The van der Waals surface area contributed by atoms with E-state index in [4.69, 9.17) is 4.74 Å². The van der Waals surface area contributed by atoms with Gasteiger partial charge in [0.25, 0.3) is 5.91 Å². The van der Waals surface area contributed by atoms with Crippen molar-refractivity contribution < 1.29 is 19.4 Å². The van der Waals surface area contributed by atoms with Crippen LogP contribution in [-0.2, 0) is 0 Å². The number of amides is 1. The molecule has 1 N–H and O–H groups in total. The number of carboxylic acids is 1. The summed E-state index contributed by atoms with van der Waals surface area (Å²) in [5.74, 6) is -0.350. The van der Waals surface area contributed by atoms with E-state index in [0.717, 1.165) is 23.2 Å². The highest BCUT2D eigenvalue weighted by atomic mass is 16.5. The highest BCUT2D eigenvalue weighted by Crippen LogP contribution is 2.50. The molecule has 2 aromatic rings. The molecule has 2 aliphatic rings. The van der Waals surface area contributed by atoms with Crippen LogP contribution in [0.3, 0.4) is 0 Å². The molecule has 122 valence electrons. The summed E-state index contributed by atoms with van der Waals surface area (Å²) in [4.78, 5) is 26.3. The van der Waals surface area contributed by atoms with Gasteiger partial charge in [0, 0.05) is 6.07 Å². The highest BCUT2D eigenvalue weighted by molar-refractivity contribution is 6.16. The number of hydrogen-bond acceptors (Lipinski definition) is 3. The summed E-state index contributed by atoms with van der Waals surface area (Å²) in [6, 6.07) is 10.7. The van der Waals surface area contributed by atoms with Crippen molar-refractivity contribution >= 4 is 17.6 Å². The van der Waals surface area contributed by atoms with Crippen molar-refractivity contribution in [2.24, 2.45) is 0 Å². The average molecular weight is 323 g/mol. The van der Waals surface area contributed by atoms with Crippen LogP contribution in [0.2, 0.25) is 0 Å². The van der Waals surface area contributed by atoms with Gasteiger partial charge in [-0.2, -0.15) is 0 Å². The molecule has 0 saturated carbocycles. The Morgan fingerprint density at radius 3 is 2.75 bits per heavy atom. The molecular weight excluding hydrogens is 306 g/mol. The molecule has 2 aliphatic heterocycles. The molecule has 5 heteroatoms. The maximum atomic E-state index is 13.0. The minimum atomic E-state index is -1.07. The number of benzene rings is 2. The summed E-state index contributed by atoms with van der Waals surface area (Å²) >= 11 is 0. The van der Waals surface area contributed by atoms with E-state index in [9.17, 15) is 14.7 Å². The first-order chi connectivity index (χ1) is 11.5. The van der Waals surface area contributed by atoms with Crippen LogP contribution >= 0.6 is 0 Å². The van der Waals surface area contributed by atoms with Crippen molar-refractivity contribution in [3.05, 3.63) is 58.7 Å². The van der Waals surface area contributed by atoms with Crippen molar-refractivity contribution in [1.29, 1.82) is 0 Å². The molecule has 2 aromatic carbocycles. The molecule has 0 spiro atoms. The van der Waals surface area contributed by atoms with Crippen LogP contribution in [0.5, 0.6) is 5.75 Å². The molecule has 0 bridgehead atoms. The van der Waals surface area contributed by atoms with Gasteiger partial charge in [0.15, 0.2) is 0 Å². The minimum Gasteiger partial charge on any atom is -0.497 e. The number of fused-ring (bicyclic) bond motifs is 5. The van der Waals surface area contributed by atoms with Crippen LogP contribution in [0.1, 0.15) is 57.1 Å². The first-order valence-electron chi connectivity index (χ1n) is 7.90. The van der Waals surface area contributed by atoms with Crippen molar-refractivity contribution in [3.8, 4) is 5.75 Å². The molecule has 4 rings (SSSR count). The summed E-state index contributed by atoms with van der Waals surface area (Å²) in [5.41, 5.74) is 3.10. The van der Waals surface area contributed by atoms with Gasteiger partial charge in [0.1, 0.15) is 5.75 Å². The van der Waals surface area contributed by atoms with Crippen LogP contribution < -0.4 is 9.64 Å². The Hall–Kier alpha value is -2.82. The number of aromatic carboxylic acids is 1. The van der Waals surface area contributed by atoms with Gasteiger partial charge in [-0.15, -0.1) is 0 Å². The van der Waals surface area contributed by atoms with Crippen LogP contribution in [0.25, 0.3) is 0 Å². The summed E-state index contributed by atoms with van der Waals surface area (Å²) in [5, 5.41) is 9.44. The lowest BCUT2D eigenvalue weighted by molar-refractivity contribution is 0.0692. The predicted octanol–water partition coefficient (Wildman–Crippen LogP) is 3.60. The van der Waals surface area contributed by atoms with E-state index in [1.165, 1.54) is 6.07 Å². The molecule has 2 heterocycles. The maximum Gasteiger partial charge on any atom is 0.336 e. The number of ether oxygens (including phenoxy) is 1. The van der Waals surface area contributed by atoms with Gasteiger partial charge in [-0.3, -0.25) is 4.79 Å². The molecule has 0 aromatic heterocycles. The van der Waals surface area contributed by atoms with E-state index < -0.39 is 5.97 Å². The second-order valence-corrected chi connectivity index (χ2v) is 6.33. The Morgan fingerprint density at radius 1 is 1.25 bits per heavy atom. The normalized spacial score (nSPS) is 21.1. The molecule has 5 nitrogen and oxygen atoms in total. The lowest BCUT2D eigenvalue weighted by Crippen LogP contribution is -2.33. The van der Waals surface area contributed by atoms with E-state index >= 15 is 0 Å². The van der Waals surface area contributed by atoms with Crippen LogP contribution in [-0.4, -0.2) is 24.1 Å². The second kappa shape index (κ2) is 5.09. The first-order valence-corrected chi connectivity index (χ1v) is 7.90. The van der Waals surface area contributed by atoms with Crippen LogP contribution in [0.4, 0.5) is 5.69 Å². The smallest absolute Gasteiger partial charge is 0.336 e. The van der Waals surface area contributed by atoms with Gasteiger partial charge in [-0.05, 0) is 35.6 Å². The lowest BCUT2D eigenvalue weighted by Gasteiger charge is -2.36. The number of carbonyl (C=O) groups is 2. The monoisotopic (exact) mass is 323 g/mol. The first kappa shape index (κ1) is 14.8. The summed E-state index contributed by atoms with van der Waals surface area (Å²) in [6.07, 6.45) is 0.779. The van der Waals surface area contributed by atoms with Gasteiger partial charge >= 0.3 is 5.97 Å². The van der Waals surface area contributed by atoms with E-state index in [1.54, 1.807) is 18.1 Å². The van der Waals surface area contributed by atoms with Crippen LogP contribution in [0.15, 0.2) is 36.4 Å². The Bertz CT molecular complexity index is 874. The highest BCUT2D eigenvalue weighted by Gasteiger charge is 2.44. The molecule has 2 unspecified atom stereocenters. The SMILES string of the molecule is COc1ccc2c(c1)N1C(=O)c3c(C(=O)O)cccc3C1CC2C. The molecule has 0 saturated heterocycles. The summed E-state index contributed by atoms with van der Waals surface area (Å²) in [7, 11) is 1.59. The third-order valence-corrected chi connectivity index (χ3v) is 5.04. The molecule has 1 amide bonds. The van der Waals surface area contributed by atoms with E-state index in [1.807, 2.05) is 24.3 Å². The Balaban J connectivity index is 1.93. The van der Waals surface area contributed by atoms with Crippen molar-refractivity contribution in [2.45, 2.75) is 25.3 Å².